The summed E-state index contributed by atoms with van der Waals surface area (Å²) in [5.74, 6) is 0.855. The van der Waals surface area contributed by atoms with Crippen LogP contribution >= 0.6 is 0 Å². The molecule has 4 heteroatoms. The Labute approximate surface area is 94.1 Å². The molecule has 0 unspecified atom stereocenters. The fraction of sp³-hybridized carbons (Fsp3) is 0.500. The summed E-state index contributed by atoms with van der Waals surface area (Å²) >= 11 is 0. The summed E-state index contributed by atoms with van der Waals surface area (Å²) in [6.45, 7) is 8.11. The van der Waals surface area contributed by atoms with Gasteiger partial charge in [0.15, 0.2) is 5.82 Å². The van der Waals surface area contributed by atoms with Crippen molar-refractivity contribution in [3.05, 3.63) is 23.5 Å². The van der Waals surface area contributed by atoms with Gasteiger partial charge in [0.1, 0.15) is 11.3 Å². The molecule has 0 atom stereocenters. The Balaban J connectivity index is 2.75. The minimum Gasteiger partial charge on any atom is -0.356 e. The lowest BCUT2D eigenvalue weighted by Gasteiger charge is -2.10. The van der Waals surface area contributed by atoms with E-state index in [2.05, 4.69) is 15.0 Å². The summed E-state index contributed by atoms with van der Waals surface area (Å²) in [5, 5.41) is 0. The number of nitrogens with one attached hydrogen (secondary N) is 1. The van der Waals surface area contributed by atoms with Crippen molar-refractivity contribution < 1.29 is 4.39 Å². The predicted molar refractivity (Wildman–Crippen MR) is 62.0 cm³/mol. The van der Waals surface area contributed by atoms with Gasteiger partial charge in [-0.2, -0.15) is 0 Å². The number of halogens is 1. The van der Waals surface area contributed by atoms with Crippen molar-refractivity contribution in [1.82, 2.24) is 15.0 Å². The maximum Gasteiger partial charge on any atom is 0.167 e. The van der Waals surface area contributed by atoms with Gasteiger partial charge in [-0.05, 0) is 5.92 Å². The molecule has 0 aliphatic carbocycles. The molecule has 0 saturated carbocycles. The fourth-order valence-electron chi connectivity index (χ4n) is 1.69. The van der Waals surface area contributed by atoms with Crippen LogP contribution in [0.4, 0.5) is 4.39 Å². The lowest BCUT2D eigenvalue weighted by Crippen LogP contribution is -2.04. The van der Waals surface area contributed by atoms with E-state index in [-0.39, 0.29) is 17.7 Å². The standard InChI is InChI=1S/C12H16FN3/c1-6(2)9-11-10(8(13)5-14-11)16-12(15-9)7(3)4/h5-7,14H,1-4H3. The van der Waals surface area contributed by atoms with E-state index in [0.717, 1.165) is 11.2 Å². The van der Waals surface area contributed by atoms with E-state index in [1.807, 2.05) is 27.7 Å². The molecule has 0 bridgehead atoms. The monoisotopic (exact) mass is 221 g/mol. The first-order valence-electron chi connectivity index (χ1n) is 5.55. The third kappa shape index (κ3) is 1.68. The van der Waals surface area contributed by atoms with E-state index >= 15 is 0 Å². The Morgan fingerprint density at radius 2 is 1.81 bits per heavy atom. The van der Waals surface area contributed by atoms with E-state index in [9.17, 15) is 4.39 Å². The summed E-state index contributed by atoms with van der Waals surface area (Å²) in [6.07, 6.45) is 1.34. The molecule has 16 heavy (non-hydrogen) atoms. The van der Waals surface area contributed by atoms with Gasteiger partial charge in [-0.1, -0.05) is 27.7 Å². The molecule has 0 saturated heterocycles. The van der Waals surface area contributed by atoms with Crippen LogP contribution in [0.3, 0.4) is 0 Å². The predicted octanol–water partition coefficient (Wildman–Crippen LogP) is 3.34. The van der Waals surface area contributed by atoms with Crippen LogP contribution in [0.1, 0.15) is 51.0 Å². The van der Waals surface area contributed by atoms with Crippen molar-refractivity contribution >= 4 is 11.0 Å². The Kier molecular flexibility index (Phi) is 2.66. The van der Waals surface area contributed by atoms with E-state index in [0.29, 0.717) is 11.3 Å². The minimum absolute atomic E-state index is 0.205. The second-order valence-electron chi connectivity index (χ2n) is 4.64. The van der Waals surface area contributed by atoms with Crippen molar-refractivity contribution in [2.24, 2.45) is 0 Å². The van der Waals surface area contributed by atoms with Crippen molar-refractivity contribution in [3.8, 4) is 0 Å². The molecule has 0 spiro atoms. The van der Waals surface area contributed by atoms with Crippen LogP contribution in [0.25, 0.3) is 11.0 Å². The highest BCUT2D eigenvalue weighted by atomic mass is 19.1. The number of fused-ring (bicyclic) bond motifs is 1. The van der Waals surface area contributed by atoms with Crippen LogP contribution in [-0.2, 0) is 0 Å². The first-order valence-corrected chi connectivity index (χ1v) is 5.55. The molecule has 86 valence electrons. The average molecular weight is 221 g/mol. The number of aromatic amines is 1. The lowest BCUT2D eigenvalue weighted by atomic mass is 10.1. The van der Waals surface area contributed by atoms with Crippen LogP contribution in [0.15, 0.2) is 6.20 Å². The van der Waals surface area contributed by atoms with Gasteiger partial charge in [-0.15, -0.1) is 0 Å². The highest BCUT2D eigenvalue weighted by Gasteiger charge is 2.16. The van der Waals surface area contributed by atoms with Crippen LogP contribution < -0.4 is 0 Å². The van der Waals surface area contributed by atoms with E-state index in [4.69, 9.17) is 0 Å². The molecule has 2 rings (SSSR count). The fourth-order valence-corrected chi connectivity index (χ4v) is 1.69. The second-order valence-corrected chi connectivity index (χ2v) is 4.64. The zero-order valence-electron chi connectivity index (χ0n) is 10.0. The first-order chi connectivity index (χ1) is 7.50. The number of hydrogen-bond acceptors (Lipinski definition) is 2. The number of nitrogens with zero attached hydrogens (tertiary/aromatic N) is 2. The average Bonchev–Trinajstić information content (AvgIpc) is 2.59. The zero-order chi connectivity index (χ0) is 11.9. The number of hydrogen-bond donors (Lipinski definition) is 1. The normalized spacial score (nSPS) is 11.9. The Morgan fingerprint density at radius 1 is 1.12 bits per heavy atom. The SMILES string of the molecule is CC(C)c1nc(C(C)C)c2[nH]cc(F)c2n1. The molecule has 2 heterocycles. The van der Waals surface area contributed by atoms with Gasteiger partial charge in [0.25, 0.3) is 0 Å². The Morgan fingerprint density at radius 3 is 2.38 bits per heavy atom. The van der Waals surface area contributed by atoms with Crippen molar-refractivity contribution in [2.75, 3.05) is 0 Å². The van der Waals surface area contributed by atoms with Gasteiger partial charge >= 0.3 is 0 Å². The molecule has 0 amide bonds. The maximum atomic E-state index is 13.5. The molecule has 2 aromatic rings. The van der Waals surface area contributed by atoms with Gasteiger partial charge in [-0.25, -0.2) is 14.4 Å². The molecule has 0 aromatic carbocycles. The topological polar surface area (TPSA) is 41.6 Å². The van der Waals surface area contributed by atoms with E-state index in [1.54, 1.807) is 0 Å². The van der Waals surface area contributed by atoms with Crippen LogP contribution in [0.2, 0.25) is 0 Å². The maximum absolute atomic E-state index is 13.5. The molecule has 0 aliphatic heterocycles. The number of H-pyrrole nitrogens is 1. The molecule has 3 nitrogen and oxygen atoms in total. The second kappa shape index (κ2) is 3.85. The highest BCUT2D eigenvalue weighted by Crippen LogP contribution is 2.25. The zero-order valence-corrected chi connectivity index (χ0v) is 10.0. The Hall–Kier alpha value is -1.45. The molecule has 1 N–H and O–H groups in total. The first kappa shape index (κ1) is 11.0. The summed E-state index contributed by atoms with van der Waals surface area (Å²) in [7, 11) is 0. The number of rotatable bonds is 2. The number of aromatic nitrogens is 3. The Bertz CT molecular complexity index is 514. The van der Waals surface area contributed by atoms with Crippen LogP contribution in [-0.4, -0.2) is 15.0 Å². The van der Waals surface area contributed by atoms with Gasteiger partial charge < -0.3 is 4.98 Å². The summed E-state index contributed by atoms with van der Waals surface area (Å²) in [6, 6.07) is 0. The molecule has 2 aromatic heterocycles. The highest BCUT2D eigenvalue weighted by molar-refractivity contribution is 5.78. The third-order valence-corrected chi connectivity index (χ3v) is 2.59. The molecular weight excluding hydrogens is 205 g/mol. The molecule has 0 aliphatic rings. The van der Waals surface area contributed by atoms with Gasteiger partial charge in [0.2, 0.25) is 0 Å². The van der Waals surface area contributed by atoms with Crippen LogP contribution in [0, 0.1) is 5.82 Å². The quantitative estimate of drug-likeness (QED) is 0.845. The minimum atomic E-state index is -0.304. The van der Waals surface area contributed by atoms with Gasteiger partial charge in [0.05, 0.1) is 11.2 Å². The summed E-state index contributed by atoms with van der Waals surface area (Å²) in [4.78, 5) is 11.7. The smallest absolute Gasteiger partial charge is 0.167 e. The summed E-state index contributed by atoms with van der Waals surface area (Å²) in [5.41, 5.74) is 2.01. The van der Waals surface area contributed by atoms with Crippen LogP contribution in [0.5, 0.6) is 0 Å². The van der Waals surface area contributed by atoms with Crippen molar-refractivity contribution in [1.29, 1.82) is 0 Å². The van der Waals surface area contributed by atoms with E-state index in [1.165, 1.54) is 6.20 Å². The molecular formula is C12H16FN3. The largest absolute Gasteiger partial charge is 0.356 e. The van der Waals surface area contributed by atoms with E-state index < -0.39 is 0 Å². The lowest BCUT2D eigenvalue weighted by molar-refractivity contribution is 0.634. The molecule has 0 radical (unpaired) electrons. The van der Waals surface area contributed by atoms with Crippen molar-refractivity contribution in [3.63, 3.8) is 0 Å². The van der Waals surface area contributed by atoms with Crippen molar-refractivity contribution in [2.45, 2.75) is 39.5 Å². The molecule has 0 fully saturated rings. The van der Waals surface area contributed by atoms with Gasteiger partial charge in [-0.3, -0.25) is 0 Å². The van der Waals surface area contributed by atoms with Gasteiger partial charge in [0, 0.05) is 12.1 Å². The third-order valence-electron chi connectivity index (χ3n) is 2.59. The summed E-state index contributed by atoms with van der Waals surface area (Å²) < 4.78 is 13.5.